The molecule has 1 N–H and O–H groups in total. The monoisotopic (exact) mass is 364 g/mol. The van der Waals surface area contributed by atoms with Crippen molar-refractivity contribution < 1.29 is 13.2 Å². The highest BCUT2D eigenvalue weighted by Gasteiger charge is 2.36. The van der Waals surface area contributed by atoms with E-state index in [1.807, 2.05) is 0 Å². The van der Waals surface area contributed by atoms with Crippen LogP contribution in [0.25, 0.3) is 0 Å². The third-order valence-electron chi connectivity index (χ3n) is 5.41. The summed E-state index contributed by atoms with van der Waals surface area (Å²) in [7, 11) is -3.14. The molecule has 1 aromatic rings. The van der Waals surface area contributed by atoms with Crippen LogP contribution < -0.4 is 5.32 Å². The van der Waals surface area contributed by atoms with Gasteiger partial charge in [0.1, 0.15) is 0 Å². The average molecular weight is 365 g/mol. The molecular weight excluding hydrogens is 336 g/mol. The number of sulfonamides is 1. The standard InChI is InChI=1S/C19H28N2O3S/c1-3-25(23,24)21-12-10-17(11-13-21)19(22)20-18(16-8-9-16)15-6-4-14(2)5-7-15/h4-7,16-18H,3,8-13H2,1-2H3,(H,20,22). The third-order valence-corrected chi connectivity index (χ3v) is 7.29. The maximum atomic E-state index is 12.7. The molecule has 5 nitrogen and oxygen atoms in total. The smallest absolute Gasteiger partial charge is 0.223 e. The molecule has 0 spiro atoms. The number of hydrogen-bond acceptors (Lipinski definition) is 3. The Balaban J connectivity index is 1.60. The van der Waals surface area contributed by atoms with Gasteiger partial charge in [0, 0.05) is 19.0 Å². The summed E-state index contributed by atoms with van der Waals surface area (Å²) in [5, 5.41) is 3.25. The summed E-state index contributed by atoms with van der Waals surface area (Å²) in [5.41, 5.74) is 2.39. The maximum Gasteiger partial charge on any atom is 0.223 e. The quantitative estimate of drug-likeness (QED) is 0.844. The molecule has 1 heterocycles. The first kappa shape index (κ1) is 18.4. The fourth-order valence-corrected chi connectivity index (χ4v) is 4.66. The Morgan fingerprint density at radius 3 is 2.28 bits per heavy atom. The van der Waals surface area contributed by atoms with Crippen LogP contribution in [-0.4, -0.2) is 37.5 Å². The highest BCUT2D eigenvalue weighted by Crippen LogP contribution is 2.41. The minimum Gasteiger partial charge on any atom is -0.349 e. The number of carbonyl (C=O) groups is 1. The lowest BCUT2D eigenvalue weighted by atomic mass is 9.95. The van der Waals surface area contributed by atoms with E-state index >= 15 is 0 Å². The fourth-order valence-electron chi connectivity index (χ4n) is 3.53. The molecule has 25 heavy (non-hydrogen) atoms. The van der Waals surface area contributed by atoms with Crippen molar-refractivity contribution in [1.82, 2.24) is 9.62 Å². The second kappa shape index (κ2) is 7.46. The highest BCUT2D eigenvalue weighted by atomic mass is 32.2. The Bertz CT molecular complexity index is 703. The number of nitrogens with zero attached hydrogens (tertiary/aromatic N) is 1. The number of carbonyl (C=O) groups excluding carboxylic acids is 1. The van der Waals surface area contributed by atoms with E-state index in [1.54, 1.807) is 6.92 Å². The van der Waals surface area contributed by atoms with E-state index in [2.05, 4.69) is 36.5 Å². The number of nitrogens with one attached hydrogen (secondary N) is 1. The van der Waals surface area contributed by atoms with Gasteiger partial charge in [-0.15, -0.1) is 0 Å². The average Bonchev–Trinajstić information content (AvgIpc) is 3.45. The maximum absolute atomic E-state index is 12.7. The Labute approximate surface area is 150 Å². The van der Waals surface area contributed by atoms with Gasteiger partial charge >= 0.3 is 0 Å². The summed E-state index contributed by atoms with van der Waals surface area (Å²) < 4.78 is 25.4. The van der Waals surface area contributed by atoms with Crippen LogP contribution in [-0.2, 0) is 14.8 Å². The van der Waals surface area contributed by atoms with Gasteiger partial charge in [-0.25, -0.2) is 12.7 Å². The van der Waals surface area contributed by atoms with Crippen LogP contribution in [0.3, 0.4) is 0 Å². The van der Waals surface area contributed by atoms with Crippen molar-refractivity contribution in [2.24, 2.45) is 11.8 Å². The molecule has 3 rings (SSSR count). The lowest BCUT2D eigenvalue weighted by molar-refractivity contribution is -0.127. The highest BCUT2D eigenvalue weighted by molar-refractivity contribution is 7.89. The second-order valence-corrected chi connectivity index (χ2v) is 9.57. The van der Waals surface area contributed by atoms with Crippen molar-refractivity contribution in [1.29, 1.82) is 0 Å². The van der Waals surface area contributed by atoms with Gasteiger partial charge in [0.25, 0.3) is 0 Å². The fraction of sp³-hybridized carbons (Fsp3) is 0.632. The van der Waals surface area contributed by atoms with E-state index in [9.17, 15) is 13.2 Å². The number of amides is 1. The molecule has 0 bridgehead atoms. The van der Waals surface area contributed by atoms with E-state index in [0.29, 0.717) is 31.8 Å². The molecule has 0 radical (unpaired) electrons. The van der Waals surface area contributed by atoms with Crippen LogP contribution in [0.5, 0.6) is 0 Å². The zero-order valence-corrected chi connectivity index (χ0v) is 15.9. The Morgan fingerprint density at radius 1 is 1.16 bits per heavy atom. The number of piperidine rings is 1. The normalized spacial score (nSPS) is 21.0. The van der Waals surface area contributed by atoms with E-state index in [0.717, 1.165) is 12.8 Å². The molecule has 1 saturated heterocycles. The number of rotatable bonds is 6. The van der Waals surface area contributed by atoms with Crippen LogP contribution in [0.1, 0.15) is 49.8 Å². The predicted molar refractivity (Wildman–Crippen MR) is 98.5 cm³/mol. The molecule has 1 aliphatic carbocycles. The third kappa shape index (κ3) is 4.42. The molecule has 6 heteroatoms. The number of aryl methyl sites for hydroxylation is 1. The zero-order chi connectivity index (χ0) is 18.0. The van der Waals surface area contributed by atoms with Crippen molar-refractivity contribution >= 4 is 15.9 Å². The van der Waals surface area contributed by atoms with Gasteiger partial charge < -0.3 is 5.32 Å². The molecule has 1 amide bonds. The number of benzene rings is 1. The van der Waals surface area contributed by atoms with Crippen LogP contribution in [0.15, 0.2) is 24.3 Å². The van der Waals surface area contributed by atoms with E-state index in [-0.39, 0.29) is 23.6 Å². The van der Waals surface area contributed by atoms with E-state index < -0.39 is 10.0 Å². The molecule has 1 unspecified atom stereocenters. The van der Waals surface area contributed by atoms with Crippen LogP contribution in [0, 0.1) is 18.8 Å². The first-order chi connectivity index (χ1) is 11.9. The molecule has 0 aromatic heterocycles. The summed E-state index contributed by atoms with van der Waals surface area (Å²) in [6, 6.07) is 8.48. The van der Waals surface area contributed by atoms with Crippen molar-refractivity contribution in [3.63, 3.8) is 0 Å². The molecule has 2 fully saturated rings. The molecule has 1 saturated carbocycles. The van der Waals surface area contributed by atoms with Gasteiger partial charge in [0.05, 0.1) is 11.8 Å². The van der Waals surface area contributed by atoms with Gasteiger partial charge in [0.2, 0.25) is 15.9 Å². The van der Waals surface area contributed by atoms with E-state index in [1.165, 1.54) is 15.4 Å². The van der Waals surface area contributed by atoms with Crippen molar-refractivity contribution in [2.45, 2.75) is 45.6 Å². The molecule has 1 aliphatic heterocycles. The molecule has 1 atom stereocenters. The first-order valence-electron chi connectivity index (χ1n) is 9.25. The molecular formula is C19H28N2O3S. The lowest BCUT2D eigenvalue weighted by Gasteiger charge is -2.31. The van der Waals surface area contributed by atoms with Crippen molar-refractivity contribution in [2.75, 3.05) is 18.8 Å². The summed E-state index contributed by atoms with van der Waals surface area (Å²) in [5.74, 6) is 0.648. The topological polar surface area (TPSA) is 66.5 Å². The number of hydrogen-bond donors (Lipinski definition) is 1. The van der Waals surface area contributed by atoms with Gasteiger partial charge in [-0.1, -0.05) is 29.8 Å². The summed E-state index contributed by atoms with van der Waals surface area (Å²) in [6.07, 6.45) is 3.53. The second-order valence-electron chi connectivity index (χ2n) is 7.31. The predicted octanol–water partition coefficient (Wildman–Crippen LogP) is 2.62. The SMILES string of the molecule is CCS(=O)(=O)N1CCC(C(=O)NC(c2ccc(C)cc2)C2CC2)CC1. The van der Waals surface area contributed by atoms with Gasteiger partial charge in [-0.3, -0.25) is 4.79 Å². The van der Waals surface area contributed by atoms with Gasteiger partial charge in [0.15, 0.2) is 0 Å². The van der Waals surface area contributed by atoms with Gasteiger partial charge in [-0.2, -0.15) is 0 Å². The Kier molecular flexibility index (Phi) is 5.49. The van der Waals surface area contributed by atoms with Crippen LogP contribution in [0.2, 0.25) is 0 Å². The van der Waals surface area contributed by atoms with Crippen LogP contribution >= 0.6 is 0 Å². The van der Waals surface area contributed by atoms with Crippen molar-refractivity contribution in [3.05, 3.63) is 35.4 Å². The molecule has 138 valence electrons. The lowest BCUT2D eigenvalue weighted by Crippen LogP contribution is -2.44. The summed E-state index contributed by atoms with van der Waals surface area (Å²) in [6.45, 7) is 4.63. The summed E-state index contributed by atoms with van der Waals surface area (Å²) >= 11 is 0. The van der Waals surface area contributed by atoms with E-state index in [4.69, 9.17) is 0 Å². The van der Waals surface area contributed by atoms with Crippen molar-refractivity contribution in [3.8, 4) is 0 Å². The molecule has 2 aliphatic rings. The molecule has 1 aromatic carbocycles. The minimum atomic E-state index is -3.14. The Hall–Kier alpha value is -1.40. The largest absolute Gasteiger partial charge is 0.349 e. The minimum absolute atomic E-state index is 0.0750. The van der Waals surface area contributed by atoms with Crippen LogP contribution in [0.4, 0.5) is 0 Å². The summed E-state index contributed by atoms with van der Waals surface area (Å²) in [4.78, 5) is 12.7. The first-order valence-corrected chi connectivity index (χ1v) is 10.9. The zero-order valence-electron chi connectivity index (χ0n) is 15.1. The van der Waals surface area contributed by atoms with Gasteiger partial charge in [-0.05, 0) is 51.0 Å². The Morgan fingerprint density at radius 2 is 1.76 bits per heavy atom.